The number of aliphatic hydroxyl groups is 1. The first-order chi connectivity index (χ1) is 17.7. The second-order valence-electron chi connectivity index (χ2n) is 9.54. The van der Waals surface area contributed by atoms with Gasteiger partial charge in [0.05, 0.1) is 29.2 Å². The molecule has 3 aromatic heterocycles. The van der Waals surface area contributed by atoms with Gasteiger partial charge in [0.25, 0.3) is 0 Å². The number of fused-ring (bicyclic) bond motifs is 1. The highest BCUT2D eigenvalue weighted by Crippen LogP contribution is 2.32. The normalized spacial score (nSPS) is 12.7. The van der Waals surface area contributed by atoms with Crippen LogP contribution >= 0.6 is 0 Å². The van der Waals surface area contributed by atoms with Crippen molar-refractivity contribution in [3.8, 4) is 23.1 Å². The van der Waals surface area contributed by atoms with Crippen LogP contribution in [0, 0.1) is 30.4 Å². The van der Waals surface area contributed by atoms with Gasteiger partial charge in [-0.1, -0.05) is 12.0 Å². The molecule has 1 aromatic carbocycles. The third-order valence-electron chi connectivity index (χ3n) is 5.54. The summed E-state index contributed by atoms with van der Waals surface area (Å²) in [6, 6.07) is 11.1. The van der Waals surface area contributed by atoms with Gasteiger partial charge >= 0.3 is 0 Å². The summed E-state index contributed by atoms with van der Waals surface area (Å²) < 4.78 is 55.6. The van der Waals surface area contributed by atoms with E-state index in [1.54, 1.807) is 49.4 Å². The molecular weight excluding hydrogens is 512 g/mol. The first-order valence-electron chi connectivity index (χ1n) is 11.6. The Labute approximate surface area is 219 Å². The van der Waals surface area contributed by atoms with Crippen molar-refractivity contribution in [3.05, 3.63) is 82.9 Å². The number of benzene rings is 1. The molecule has 8 nitrogen and oxygen atoms in total. The van der Waals surface area contributed by atoms with E-state index in [9.17, 15) is 22.3 Å². The number of hydrogen-bond donors (Lipinski definition) is 3. The van der Waals surface area contributed by atoms with Crippen molar-refractivity contribution >= 4 is 21.4 Å². The molecule has 4 rings (SSSR count). The van der Waals surface area contributed by atoms with Crippen LogP contribution in [-0.4, -0.2) is 39.7 Å². The van der Waals surface area contributed by atoms with Gasteiger partial charge in [0.15, 0.2) is 5.82 Å². The van der Waals surface area contributed by atoms with Crippen molar-refractivity contribution in [1.29, 1.82) is 0 Å². The first-order valence-corrected chi connectivity index (χ1v) is 13.5. The summed E-state index contributed by atoms with van der Waals surface area (Å²) in [5.74, 6) is 4.81. The average Bonchev–Trinajstić information content (AvgIpc) is 3.10. The molecular formula is C27H27F2N5O3S. The van der Waals surface area contributed by atoms with Gasteiger partial charge in [0, 0.05) is 11.6 Å². The standard InChI is InChI=1S/C27H27F2N5O3S/c1-16-31-26(33-38(4,36)37)24-7-5-6-23(34(16)24)21-9-8-20(10-11-27(2,3)35)32-25(21)22(30)14-17-12-18(28)15-19(29)13-17/h5-9,12-13,15,22,33,35H,14,30H2,1-4H3/t22-/m0/s1. The maximum Gasteiger partial charge on any atom is 0.231 e. The minimum atomic E-state index is -3.58. The van der Waals surface area contributed by atoms with Crippen molar-refractivity contribution in [2.75, 3.05) is 11.0 Å². The number of imidazole rings is 1. The average molecular weight is 540 g/mol. The Morgan fingerprint density at radius 1 is 1.13 bits per heavy atom. The predicted molar refractivity (Wildman–Crippen MR) is 142 cm³/mol. The number of aryl methyl sites for hydroxylation is 1. The number of aromatic nitrogens is 3. The summed E-state index contributed by atoms with van der Waals surface area (Å²) in [5, 5.41) is 10.0. The Kier molecular flexibility index (Phi) is 7.25. The molecule has 4 aromatic rings. The van der Waals surface area contributed by atoms with E-state index in [0.717, 1.165) is 12.3 Å². The largest absolute Gasteiger partial charge is 0.378 e. The minimum absolute atomic E-state index is 0.0802. The van der Waals surface area contributed by atoms with E-state index >= 15 is 0 Å². The van der Waals surface area contributed by atoms with Crippen LogP contribution in [0.5, 0.6) is 0 Å². The molecule has 0 spiro atoms. The Balaban J connectivity index is 1.89. The van der Waals surface area contributed by atoms with Gasteiger partial charge in [0.2, 0.25) is 10.0 Å². The molecule has 11 heteroatoms. The van der Waals surface area contributed by atoms with Crippen molar-refractivity contribution in [2.24, 2.45) is 5.73 Å². The Morgan fingerprint density at radius 2 is 1.82 bits per heavy atom. The fourth-order valence-electron chi connectivity index (χ4n) is 4.11. The summed E-state index contributed by atoms with van der Waals surface area (Å²) in [6.45, 7) is 4.82. The number of anilines is 1. The van der Waals surface area contributed by atoms with Gasteiger partial charge in [-0.3, -0.25) is 9.12 Å². The zero-order valence-electron chi connectivity index (χ0n) is 21.3. The molecule has 1 atom stereocenters. The SMILES string of the molecule is Cc1nc(NS(C)(=O)=O)c2cccc(-c3ccc(C#CC(C)(C)O)nc3[C@@H](N)Cc3cc(F)cc(F)c3)n12. The third-order valence-corrected chi connectivity index (χ3v) is 6.10. The summed E-state index contributed by atoms with van der Waals surface area (Å²) in [7, 11) is -3.58. The Hall–Kier alpha value is -3.85. The van der Waals surface area contributed by atoms with E-state index < -0.39 is 33.3 Å². The van der Waals surface area contributed by atoms with Crippen LogP contribution in [0.25, 0.3) is 16.8 Å². The molecule has 38 heavy (non-hydrogen) atoms. The predicted octanol–water partition coefficient (Wildman–Crippen LogP) is 3.72. The molecule has 0 saturated heterocycles. The molecule has 4 N–H and O–H groups in total. The molecule has 3 heterocycles. The number of nitrogens with two attached hydrogens (primary N) is 1. The van der Waals surface area contributed by atoms with Crippen LogP contribution in [-0.2, 0) is 16.4 Å². The van der Waals surface area contributed by atoms with Crippen LogP contribution in [0.2, 0.25) is 0 Å². The van der Waals surface area contributed by atoms with Gasteiger partial charge in [-0.25, -0.2) is 27.2 Å². The Morgan fingerprint density at radius 3 is 2.45 bits per heavy atom. The van der Waals surface area contributed by atoms with Crippen LogP contribution in [0.1, 0.15) is 42.7 Å². The van der Waals surface area contributed by atoms with E-state index in [0.29, 0.717) is 39.5 Å². The van der Waals surface area contributed by atoms with E-state index in [4.69, 9.17) is 5.73 Å². The van der Waals surface area contributed by atoms with E-state index in [2.05, 4.69) is 26.5 Å². The van der Waals surface area contributed by atoms with E-state index in [-0.39, 0.29) is 12.2 Å². The lowest BCUT2D eigenvalue weighted by Crippen LogP contribution is -2.18. The Bertz CT molecular complexity index is 1680. The van der Waals surface area contributed by atoms with Crippen LogP contribution in [0.3, 0.4) is 0 Å². The minimum Gasteiger partial charge on any atom is -0.378 e. The molecule has 0 aliphatic rings. The lowest BCUT2D eigenvalue weighted by atomic mass is 9.97. The summed E-state index contributed by atoms with van der Waals surface area (Å²) in [6.07, 6.45) is 1.12. The second kappa shape index (κ2) is 10.1. The maximum atomic E-state index is 13.8. The van der Waals surface area contributed by atoms with Gasteiger partial charge in [-0.15, -0.1) is 0 Å². The van der Waals surface area contributed by atoms with E-state index in [1.165, 1.54) is 12.1 Å². The molecule has 0 aliphatic carbocycles. The molecule has 0 radical (unpaired) electrons. The molecule has 0 saturated carbocycles. The second-order valence-corrected chi connectivity index (χ2v) is 11.3. The number of halogens is 2. The summed E-state index contributed by atoms with van der Waals surface area (Å²) >= 11 is 0. The monoisotopic (exact) mass is 539 g/mol. The highest BCUT2D eigenvalue weighted by Gasteiger charge is 2.21. The van der Waals surface area contributed by atoms with Crippen LogP contribution < -0.4 is 10.5 Å². The highest BCUT2D eigenvalue weighted by molar-refractivity contribution is 7.92. The highest BCUT2D eigenvalue weighted by atomic mass is 32.2. The first kappa shape index (κ1) is 27.2. The van der Waals surface area contributed by atoms with Gasteiger partial charge in [0.1, 0.15) is 28.8 Å². The molecule has 0 unspecified atom stereocenters. The lowest BCUT2D eigenvalue weighted by molar-refractivity contribution is 0.143. The van der Waals surface area contributed by atoms with Crippen molar-refractivity contribution in [3.63, 3.8) is 0 Å². The molecule has 0 amide bonds. The van der Waals surface area contributed by atoms with Crippen molar-refractivity contribution in [1.82, 2.24) is 14.4 Å². The van der Waals surface area contributed by atoms with Crippen LogP contribution in [0.4, 0.5) is 14.6 Å². The smallest absolute Gasteiger partial charge is 0.231 e. The number of hydrogen-bond acceptors (Lipinski definition) is 6. The zero-order chi connectivity index (χ0) is 27.8. The third kappa shape index (κ3) is 6.34. The number of nitrogens with zero attached hydrogens (tertiary/aromatic N) is 3. The molecule has 198 valence electrons. The molecule has 0 fully saturated rings. The molecule has 0 aliphatic heterocycles. The number of rotatable bonds is 6. The summed E-state index contributed by atoms with van der Waals surface area (Å²) in [5.41, 5.74) is 8.16. The number of sulfonamides is 1. The van der Waals surface area contributed by atoms with Crippen molar-refractivity contribution < 1.29 is 22.3 Å². The van der Waals surface area contributed by atoms with Gasteiger partial charge in [-0.05, 0) is 75.1 Å². The van der Waals surface area contributed by atoms with Crippen LogP contribution in [0.15, 0.2) is 48.5 Å². The van der Waals surface area contributed by atoms with Crippen molar-refractivity contribution in [2.45, 2.75) is 38.8 Å². The number of pyridine rings is 2. The summed E-state index contributed by atoms with van der Waals surface area (Å²) in [4.78, 5) is 9.04. The fraction of sp³-hybridized carbons (Fsp3) is 0.259. The lowest BCUT2D eigenvalue weighted by Gasteiger charge is -2.18. The quantitative estimate of drug-likeness (QED) is 0.321. The topological polar surface area (TPSA) is 123 Å². The maximum absolute atomic E-state index is 13.8. The zero-order valence-corrected chi connectivity index (χ0v) is 22.1. The molecule has 0 bridgehead atoms. The van der Waals surface area contributed by atoms with Gasteiger partial charge < -0.3 is 10.8 Å². The van der Waals surface area contributed by atoms with Gasteiger partial charge in [-0.2, -0.15) is 0 Å². The van der Waals surface area contributed by atoms with E-state index in [1.807, 2.05) is 6.07 Å². The fourth-order valence-corrected chi connectivity index (χ4v) is 4.61. The number of nitrogens with one attached hydrogen (secondary N) is 1.